The summed E-state index contributed by atoms with van der Waals surface area (Å²) in [7, 11) is 0. The third kappa shape index (κ3) is 3.87. The maximum absolute atomic E-state index is 4.48. The fourth-order valence-electron chi connectivity index (χ4n) is 1.77. The van der Waals surface area contributed by atoms with Crippen LogP contribution in [0.5, 0.6) is 0 Å². The van der Waals surface area contributed by atoms with Crippen molar-refractivity contribution in [3.05, 3.63) is 66.2 Å². The van der Waals surface area contributed by atoms with Gasteiger partial charge in [0.25, 0.3) is 0 Å². The van der Waals surface area contributed by atoms with Gasteiger partial charge in [0, 0.05) is 6.21 Å². The van der Waals surface area contributed by atoms with Crippen molar-refractivity contribution in [3.63, 3.8) is 0 Å². The highest BCUT2D eigenvalue weighted by Gasteiger charge is 1.99. The zero-order valence-corrected chi connectivity index (χ0v) is 10.1. The molecule has 2 aromatic carbocycles. The Morgan fingerprint density at radius 3 is 2.18 bits per heavy atom. The molecule has 1 unspecified atom stereocenters. The highest BCUT2D eigenvalue weighted by atomic mass is 14.7. The molecule has 0 aliphatic rings. The predicted octanol–water partition coefficient (Wildman–Crippen LogP) is 4.27. The molecule has 0 radical (unpaired) electrons. The van der Waals surface area contributed by atoms with E-state index < -0.39 is 0 Å². The molecule has 1 heteroatoms. The maximum Gasteiger partial charge on any atom is 0.0625 e. The molecule has 2 rings (SSSR count). The largest absolute Gasteiger partial charge is 0.261 e. The van der Waals surface area contributed by atoms with Crippen molar-refractivity contribution < 1.29 is 0 Å². The van der Waals surface area contributed by atoms with E-state index in [2.05, 4.69) is 36.2 Å². The van der Waals surface area contributed by atoms with Crippen molar-refractivity contribution >= 4 is 11.9 Å². The molecule has 0 fully saturated rings. The monoisotopic (exact) mass is 223 g/mol. The summed E-state index contributed by atoms with van der Waals surface area (Å²) in [5.74, 6) is 0.456. The first-order chi connectivity index (χ1) is 8.34. The van der Waals surface area contributed by atoms with Gasteiger partial charge in [-0.25, -0.2) is 0 Å². The van der Waals surface area contributed by atoms with Crippen LogP contribution in [0.2, 0.25) is 0 Å². The molecule has 0 saturated heterocycles. The van der Waals surface area contributed by atoms with Gasteiger partial charge >= 0.3 is 0 Å². The van der Waals surface area contributed by atoms with Crippen molar-refractivity contribution in [1.82, 2.24) is 0 Å². The van der Waals surface area contributed by atoms with Crippen LogP contribution < -0.4 is 0 Å². The number of benzene rings is 2. The number of nitrogens with zero attached hydrogens (tertiary/aromatic N) is 1. The van der Waals surface area contributed by atoms with Crippen molar-refractivity contribution in [2.24, 2.45) is 10.9 Å². The van der Waals surface area contributed by atoms with Crippen LogP contribution in [0, 0.1) is 5.92 Å². The molecule has 0 amide bonds. The quantitative estimate of drug-likeness (QED) is 0.686. The molecule has 0 aromatic heterocycles. The molecule has 1 atom stereocenters. The smallest absolute Gasteiger partial charge is 0.0625 e. The van der Waals surface area contributed by atoms with Crippen molar-refractivity contribution in [2.75, 3.05) is 0 Å². The summed E-state index contributed by atoms with van der Waals surface area (Å²) in [5, 5.41) is 0. The molecule has 2 aromatic rings. The van der Waals surface area contributed by atoms with E-state index in [1.54, 1.807) is 0 Å². The minimum absolute atomic E-state index is 0.456. The summed E-state index contributed by atoms with van der Waals surface area (Å²) in [6.45, 7) is 2.19. The summed E-state index contributed by atoms with van der Waals surface area (Å²) >= 11 is 0. The summed E-state index contributed by atoms with van der Waals surface area (Å²) < 4.78 is 0. The molecule has 0 saturated carbocycles. The lowest BCUT2D eigenvalue weighted by molar-refractivity contribution is 0.783. The molecule has 1 nitrogen and oxygen atoms in total. The Labute approximate surface area is 103 Å². The molecular formula is C16H17N. The number of aliphatic imine (C=N–C) groups is 1. The Kier molecular flexibility index (Phi) is 4.09. The van der Waals surface area contributed by atoms with Gasteiger partial charge in [0.1, 0.15) is 0 Å². The number of hydrogen-bond donors (Lipinski definition) is 0. The van der Waals surface area contributed by atoms with Crippen LogP contribution in [0.15, 0.2) is 65.7 Å². The topological polar surface area (TPSA) is 12.4 Å². The second kappa shape index (κ2) is 6.00. The summed E-state index contributed by atoms with van der Waals surface area (Å²) in [6, 6.07) is 20.6. The average molecular weight is 223 g/mol. The zero-order valence-electron chi connectivity index (χ0n) is 10.1. The van der Waals surface area contributed by atoms with E-state index in [1.807, 2.05) is 42.6 Å². The SMILES string of the molecule is CC(C=Nc1ccccc1)Cc1ccccc1. The number of para-hydroxylation sites is 1. The van der Waals surface area contributed by atoms with Gasteiger partial charge in [-0.1, -0.05) is 55.5 Å². The van der Waals surface area contributed by atoms with E-state index in [4.69, 9.17) is 0 Å². The standard InChI is InChI=1S/C16H17N/c1-14(12-15-8-4-2-5-9-15)13-17-16-10-6-3-7-11-16/h2-11,13-14H,12H2,1H3. The fourth-order valence-corrected chi connectivity index (χ4v) is 1.77. The summed E-state index contributed by atoms with van der Waals surface area (Å²) in [5.41, 5.74) is 2.38. The maximum atomic E-state index is 4.48. The molecule has 0 bridgehead atoms. The molecule has 0 heterocycles. The minimum atomic E-state index is 0.456. The highest BCUT2D eigenvalue weighted by Crippen LogP contribution is 2.11. The van der Waals surface area contributed by atoms with Crippen LogP contribution >= 0.6 is 0 Å². The third-order valence-corrected chi connectivity index (χ3v) is 2.63. The van der Waals surface area contributed by atoms with Gasteiger partial charge in [-0.3, -0.25) is 4.99 Å². The van der Waals surface area contributed by atoms with Crippen LogP contribution in [0.4, 0.5) is 5.69 Å². The molecule has 0 aliphatic carbocycles. The lowest BCUT2D eigenvalue weighted by Crippen LogP contribution is -2.00. The molecule has 0 spiro atoms. The fraction of sp³-hybridized carbons (Fsp3) is 0.188. The van der Waals surface area contributed by atoms with Crippen LogP contribution in [-0.4, -0.2) is 6.21 Å². The van der Waals surface area contributed by atoms with E-state index in [0.717, 1.165) is 12.1 Å². The lowest BCUT2D eigenvalue weighted by atomic mass is 10.0. The lowest BCUT2D eigenvalue weighted by Gasteiger charge is -2.05. The van der Waals surface area contributed by atoms with Crippen LogP contribution in [0.3, 0.4) is 0 Å². The van der Waals surface area contributed by atoms with Gasteiger partial charge in [-0.05, 0) is 30.0 Å². The van der Waals surface area contributed by atoms with E-state index in [0.29, 0.717) is 5.92 Å². The Balaban J connectivity index is 1.94. The first kappa shape index (κ1) is 11.6. The first-order valence-electron chi connectivity index (χ1n) is 5.98. The van der Waals surface area contributed by atoms with Gasteiger partial charge in [0.15, 0.2) is 0 Å². The Hall–Kier alpha value is -1.89. The molecule has 0 N–H and O–H groups in total. The van der Waals surface area contributed by atoms with Crippen molar-refractivity contribution in [3.8, 4) is 0 Å². The molecule has 0 aliphatic heterocycles. The zero-order chi connectivity index (χ0) is 11.9. The number of hydrogen-bond acceptors (Lipinski definition) is 1. The van der Waals surface area contributed by atoms with Crippen molar-refractivity contribution in [1.29, 1.82) is 0 Å². The summed E-state index contributed by atoms with van der Waals surface area (Å²) in [6.07, 6.45) is 3.07. The van der Waals surface area contributed by atoms with Gasteiger partial charge < -0.3 is 0 Å². The Morgan fingerprint density at radius 1 is 0.941 bits per heavy atom. The highest BCUT2D eigenvalue weighted by molar-refractivity contribution is 5.65. The Morgan fingerprint density at radius 2 is 1.53 bits per heavy atom. The molecule has 86 valence electrons. The van der Waals surface area contributed by atoms with E-state index in [-0.39, 0.29) is 0 Å². The Bertz CT molecular complexity index is 459. The normalized spacial score (nSPS) is 12.8. The van der Waals surface area contributed by atoms with Crippen molar-refractivity contribution in [2.45, 2.75) is 13.3 Å². The van der Waals surface area contributed by atoms with Gasteiger partial charge in [0.05, 0.1) is 5.69 Å². The number of rotatable bonds is 4. The van der Waals surface area contributed by atoms with Crippen LogP contribution in [0.1, 0.15) is 12.5 Å². The molecule has 17 heavy (non-hydrogen) atoms. The third-order valence-electron chi connectivity index (χ3n) is 2.63. The second-order valence-corrected chi connectivity index (χ2v) is 4.28. The van der Waals surface area contributed by atoms with E-state index in [9.17, 15) is 0 Å². The van der Waals surface area contributed by atoms with Gasteiger partial charge in [0.2, 0.25) is 0 Å². The van der Waals surface area contributed by atoms with Crippen LogP contribution in [-0.2, 0) is 6.42 Å². The van der Waals surface area contributed by atoms with E-state index >= 15 is 0 Å². The van der Waals surface area contributed by atoms with Crippen LogP contribution in [0.25, 0.3) is 0 Å². The molecular weight excluding hydrogens is 206 g/mol. The summed E-state index contributed by atoms with van der Waals surface area (Å²) in [4.78, 5) is 4.48. The van der Waals surface area contributed by atoms with Gasteiger partial charge in [-0.2, -0.15) is 0 Å². The average Bonchev–Trinajstić information content (AvgIpc) is 2.39. The minimum Gasteiger partial charge on any atom is -0.261 e. The first-order valence-corrected chi connectivity index (χ1v) is 5.98. The van der Waals surface area contributed by atoms with Gasteiger partial charge in [-0.15, -0.1) is 0 Å². The van der Waals surface area contributed by atoms with E-state index in [1.165, 1.54) is 5.56 Å². The predicted molar refractivity (Wildman–Crippen MR) is 73.9 cm³/mol. The second-order valence-electron chi connectivity index (χ2n) is 4.28.